The minimum atomic E-state index is -0.462. The van der Waals surface area contributed by atoms with Crippen molar-refractivity contribution >= 4 is 28.1 Å². The molecule has 1 amide bonds. The maximum absolute atomic E-state index is 11.9. The Morgan fingerprint density at radius 1 is 1.35 bits per heavy atom. The molecule has 0 radical (unpaired) electrons. The molecule has 0 spiro atoms. The van der Waals surface area contributed by atoms with Gasteiger partial charge in [-0.05, 0) is 80.8 Å². The van der Waals surface area contributed by atoms with E-state index < -0.39 is 5.60 Å². The number of rotatable bonds is 4. The van der Waals surface area contributed by atoms with E-state index in [-0.39, 0.29) is 6.09 Å². The molecule has 1 aromatic carbocycles. The van der Waals surface area contributed by atoms with Crippen molar-refractivity contribution in [3.63, 3.8) is 0 Å². The summed E-state index contributed by atoms with van der Waals surface area (Å²) in [5.41, 5.74) is 3.51. The molecule has 0 unspecified atom stereocenters. The van der Waals surface area contributed by atoms with Gasteiger partial charge in [-0.25, -0.2) is 4.79 Å². The number of benzene rings is 1. The second kappa shape index (κ2) is 7.70. The summed E-state index contributed by atoms with van der Waals surface area (Å²) in [5.74, 6) is 0.354. The summed E-state index contributed by atoms with van der Waals surface area (Å²) in [7, 11) is 2.11. The van der Waals surface area contributed by atoms with Crippen LogP contribution in [0.1, 0.15) is 50.7 Å². The summed E-state index contributed by atoms with van der Waals surface area (Å²) < 4.78 is 5.35. The van der Waals surface area contributed by atoms with E-state index in [1.807, 2.05) is 20.8 Å². The molecule has 0 bridgehead atoms. The number of nitrogens with one attached hydrogen (secondary N) is 1. The fourth-order valence-corrected chi connectivity index (χ4v) is 4.15. The maximum atomic E-state index is 11.9. The number of anilines is 2. The monoisotopic (exact) mass is 372 g/mol. The third-order valence-electron chi connectivity index (χ3n) is 4.68. The van der Waals surface area contributed by atoms with E-state index in [9.17, 15) is 4.79 Å². The van der Waals surface area contributed by atoms with Crippen molar-refractivity contribution in [2.24, 2.45) is 0 Å². The lowest BCUT2D eigenvalue weighted by Crippen LogP contribution is -2.35. The van der Waals surface area contributed by atoms with E-state index in [2.05, 4.69) is 53.0 Å². The lowest BCUT2D eigenvalue weighted by atomic mass is 9.82. The Morgan fingerprint density at radius 3 is 2.85 bits per heavy atom. The zero-order valence-electron chi connectivity index (χ0n) is 16.0. The molecule has 0 saturated heterocycles. The van der Waals surface area contributed by atoms with Crippen molar-refractivity contribution in [3.8, 4) is 0 Å². The molecule has 140 valence electrons. The summed E-state index contributed by atoms with van der Waals surface area (Å²) in [5, 5.41) is 6.28. The molecule has 3 rings (SSSR count). The van der Waals surface area contributed by atoms with Gasteiger partial charge in [-0.1, -0.05) is 6.07 Å². The quantitative estimate of drug-likeness (QED) is 0.775. The minimum absolute atomic E-state index is 0.335. The Bertz CT molecular complexity index is 750. The van der Waals surface area contributed by atoms with Crippen LogP contribution in [-0.2, 0) is 11.2 Å². The lowest BCUT2D eigenvalue weighted by molar-refractivity contribution is 0.0523. The number of ether oxygens (including phenoxy) is 1. The van der Waals surface area contributed by atoms with Crippen LogP contribution in [0.3, 0.4) is 0 Å². The van der Waals surface area contributed by atoms with E-state index in [1.54, 1.807) is 11.3 Å². The Hall–Kier alpha value is -2.01. The fraction of sp³-hybridized carbons (Fsp3) is 0.476. The third-order valence-corrected chi connectivity index (χ3v) is 5.63. The second-order valence-electron chi connectivity index (χ2n) is 7.87. The summed E-state index contributed by atoms with van der Waals surface area (Å²) in [6, 6.07) is 10.9. The van der Waals surface area contributed by atoms with Crippen LogP contribution >= 0.6 is 11.3 Å². The molecule has 1 N–H and O–H groups in total. The van der Waals surface area contributed by atoms with E-state index in [4.69, 9.17) is 4.74 Å². The third kappa shape index (κ3) is 4.58. The molecule has 1 aromatic heterocycles. The number of nitrogens with zero attached hydrogens (tertiary/aromatic N) is 1. The van der Waals surface area contributed by atoms with Gasteiger partial charge in [-0.15, -0.1) is 11.3 Å². The summed E-state index contributed by atoms with van der Waals surface area (Å²) in [6.45, 7) is 6.28. The highest BCUT2D eigenvalue weighted by molar-refractivity contribution is 7.14. The highest BCUT2D eigenvalue weighted by Crippen LogP contribution is 2.35. The van der Waals surface area contributed by atoms with Crippen LogP contribution in [0.15, 0.2) is 35.7 Å². The topological polar surface area (TPSA) is 41.6 Å². The molecule has 1 aliphatic carbocycles. The maximum Gasteiger partial charge on any atom is 0.407 e. The van der Waals surface area contributed by atoms with E-state index >= 15 is 0 Å². The van der Waals surface area contributed by atoms with Crippen LogP contribution in [0.4, 0.5) is 15.5 Å². The van der Waals surface area contributed by atoms with Gasteiger partial charge in [0.05, 0.1) is 5.00 Å². The van der Waals surface area contributed by atoms with Gasteiger partial charge in [0.1, 0.15) is 5.60 Å². The van der Waals surface area contributed by atoms with Crippen molar-refractivity contribution in [3.05, 3.63) is 46.8 Å². The first-order valence-electron chi connectivity index (χ1n) is 9.20. The molecule has 0 aliphatic heterocycles. The van der Waals surface area contributed by atoms with Crippen LogP contribution < -0.4 is 10.2 Å². The summed E-state index contributed by atoms with van der Waals surface area (Å²) in [6.07, 6.45) is 3.02. The molecule has 5 heteroatoms. The number of thiophene rings is 1. The molecule has 26 heavy (non-hydrogen) atoms. The van der Waals surface area contributed by atoms with Gasteiger partial charge in [0.25, 0.3) is 0 Å². The number of carbonyl (C=O) groups is 1. The van der Waals surface area contributed by atoms with Crippen LogP contribution in [-0.4, -0.2) is 25.3 Å². The zero-order chi connectivity index (χ0) is 18.7. The first kappa shape index (κ1) is 18.8. The molecular formula is C21H28N2O2S. The summed E-state index contributed by atoms with van der Waals surface area (Å²) >= 11 is 1.74. The number of fused-ring (bicyclic) bond motifs is 1. The molecule has 2 aromatic rings. The summed E-state index contributed by atoms with van der Waals surface area (Å²) in [4.78, 5) is 14.2. The number of aryl methyl sites for hydroxylation is 1. The Labute approximate surface area is 160 Å². The van der Waals surface area contributed by atoms with Gasteiger partial charge in [-0.2, -0.15) is 0 Å². The first-order valence-corrected chi connectivity index (χ1v) is 10.1. The second-order valence-corrected chi connectivity index (χ2v) is 8.79. The average molecular weight is 373 g/mol. The molecule has 4 nitrogen and oxygen atoms in total. The smallest absolute Gasteiger partial charge is 0.407 e. The van der Waals surface area contributed by atoms with Gasteiger partial charge < -0.3 is 15.0 Å². The molecular weight excluding hydrogens is 344 g/mol. The first-order chi connectivity index (χ1) is 12.3. The molecule has 1 heterocycles. The van der Waals surface area contributed by atoms with Crippen molar-refractivity contribution in [2.45, 2.75) is 51.6 Å². The van der Waals surface area contributed by atoms with E-state index in [0.717, 1.165) is 19.3 Å². The molecule has 0 fully saturated rings. The van der Waals surface area contributed by atoms with Crippen LogP contribution in [0.25, 0.3) is 0 Å². The highest BCUT2D eigenvalue weighted by Gasteiger charge is 2.23. The number of hydrogen-bond acceptors (Lipinski definition) is 4. The Morgan fingerprint density at radius 2 is 2.15 bits per heavy atom. The number of hydrogen-bond donors (Lipinski definition) is 1. The van der Waals surface area contributed by atoms with Crippen molar-refractivity contribution in [2.75, 3.05) is 18.5 Å². The average Bonchev–Trinajstić information content (AvgIpc) is 3.11. The predicted molar refractivity (Wildman–Crippen MR) is 109 cm³/mol. The fourth-order valence-electron chi connectivity index (χ4n) is 3.43. The van der Waals surface area contributed by atoms with Crippen LogP contribution in [0.2, 0.25) is 0 Å². The van der Waals surface area contributed by atoms with Crippen molar-refractivity contribution < 1.29 is 9.53 Å². The molecule has 1 aliphatic rings. The normalized spacial score (nSPS) is 16.7. The van der Waals surface area contributed by atoms with Gasteiger partial charge in [0.15, 0.2) is 0 Å². The Kier molecular flexibility index (Phi) is 5.56. The number of alkyl carbamates (subject to hydrolysis) is 1. The van der Waals surface area contributed by atoms with Crippen molar-refractivity contribution in [1.82, 2.24) is 5.32 Å². The molecule has 0 saturated carbocycles. The standard InChI is InChI=1S/C21H28N2O2S/c1-21(2,3)25-20(24)22-14-16-8-5-7-15-13-17(10-11-18(15)16)23(4)19-9-6-12-26-19/h6,9-13,16H,5,7-8,14H2,1-4H3,(H,22,24)/t16-/m0/s1. The largest absolute Gasteiger partial charge is 0.444 e. The van der Waals surface area contributed by atoms with Crippen molar-refractivity contribution in [1.29, 1.82) is 0 Å². The molecule has 1 atom stereocenters. The minimum Gasteiger partial charge on any atom is -0.444 e. The number of amides is 1. The highest BCUT2D eigenvalue weighted by atomic mass is 32.1. The Balaban J connectivity index is 1.69. The van der Waals surface area contributed by atoms with Gasteiger partial charge >= 0.3 is 6.09 Å². The van der Waals surface area contributed by atoms with Gasteiger partial charge in [0, 0.05) is 25.2 Å². The van der Waals surface area contributed by atoms with Crippen LogP contribution in [0.5, 0.6) is 0 Å². The van der Waals surface area contributed by atoms with E-state index in [0.29, 0.717) is 12.5 Å². The van der Waals surface area contributed by atoms with Gasteiger partial charge in [0.2, 0.25) is 0 Å². The number of carbonyl (C=O) groups excluding carboxylic acids is 1. The lowest BCUT2D eigenvalue weighted by Gasteiger charge is -2.28. The predicted octanol–water partition coefficient (Wildman–Crippen LogP) is 5.46. The SMILES string of the molecule is CN(c1ccc2c(c1)CCC[C@H]2CNC(=O)OC(C)(C)C)c1cccs1. The van der Waals surface area contributed by atoms with E-state index in [1.165, 1.54) is 21.8 Å². The van der Waals surface area contributed by atoms with Gasteiger partial charge in [-0.3, -0.25) is 0 Å². The zero-order valence-corrected chi connectivity index (χ0v) is 16.9. The van der Waals surface area contributed by atoms with Crippen LogP contribution in [0, 0.1) is 0 Å².